The van der Waals surface area contributed by atoms with Crippen LogP contribution in [0.1, 0.15) is 12.5 Å². The summed E-state index contributed by atoms with van der Waals surface area (Å²) < 4.78 is 14.6. The Labute approximate surface area is 130 Å². The van der Waals surface area contributed by atoms with Gasteiger partial charge >= 0.3 is 0 Å². The van der Waals surface area contributed by atoms with Gasteiger partial charge in [-0.1, -0.05) is 0 Å². The van der Waals surface area contributed by atoms with E-state index in [9.17, 15) is 9.50 Å². The molecule has 120 valence electrons. The first-order valence-electron chi connectivity index (χ1n) is 7.23. The molecule has 1 heterocycles. The van der Waals surface area contributed by atoms with Gasteiger partial charge in [0.15, 0.2) is 0 Å². The molecule has 0 spiro atoms. The van der Waals surface area contributed by atoms with E-state index in [1.807, 2.05) is 32.1 Å². The SMILES string of the molecule is CN(C)CC(C)(O)CNCc1cnn(-c2ccc(F)cc2)c1. The molecule has 0 radical (unpaired) electrons. The lowest BCUT2D eigenvalue weighted by Gasteiger charge is -2.27. The lowest BCUT2D eigenvalue weighted by molar-refractivity contribution is 0.0336. The van der Waals surface area contributed by atoms with Crippen LogP contribution < -0.4 is 5.32 Å². The van der Waals surface area contributed by atoms with Gasteiger partial charge in [0.1, 0.15) is 5.82 Å². The summed E-state index contributed by atoms with van der Waals surface area (Å²) in [6.45, 7) is 3.51. The zero-order valence-electron chi connectivity index (χ0n) is 13.3. The van der Waals surface area contributed by atoms with Crippen LogP contribution in [0, 0.1) is 5.82 Å². The van der Waals surface area contributed by atoms with Crippen molar-refractivity contribution in [3.63, 3.8) is 0 Å². The van der Waals surface area contributed by atoms with Crippen LogP contribution >= 0.6 is 0 Å². The second kappa shape index (κ2) is 7.00. The molecule has 1 aromatic carbocycles. The van der Waals surface area contributed by atoms with Crippen molar-refractivity contribution in [2.75, 3.05) is 27.2 Å². The Balaban J connectivity index is 1.89. The summed E-state index contributed by atoms with van der Waals surface area (Å²) in [5.41, 5.74) is 1.04. The first-order chi connectivity index (χ1) is 10.4. The minimum absolute atomic E-state index is 0.263. The number of nitrogens with one attached hydrogen (secondary N) is 1. The topological polar surface area (TPSA) is 53.3 Å². The van der Waals surface area contributed by atoms with E-state index in [0.717, 1.165) is 11.3 Å². The first-order valence-corrected chi connectivity index (χ1v) is 7.23. The molecule has 1 unspecified atom stereocenters. The maximum Gasteiger partial charge on any atom is 0.123 e. The summed E-state index contributed by atoms with van der Waals surface area (Å²) in [4.78, 5) is 1.95. The van der Waals surface area contributed by atoms with Gasteiger partial charge < -0.3 is 15.3 Å². The van der Waals surface area contributed by atoms with Gasteiger partial charge in [-0.15, -0.1) is 0 Å². The van der Waals surface area contributed by atoms with Crippen molar-refractivity contribution >= 4 is 0 Å². The van der Waals surface area contributed by atoms with Gasteiger partial charge in [0.05, 0.1) is 17.5 Å². The minimum atomic E-state index is -0.781. The highest BCUT2D eigenvalue weighted by Gasteiger charge is 2.20. The summed E-state index contributed by atoms with van der Waals surface area (Å²) in [7, 11) is 3.86. The molecule has 0 bridgehead atoms. The number of benzene rings is 1. The number of aromatic nitrogens is 2. The second-order valence-corrected chi connectivity index (χ2v) is 6.11. The number of hydrogen-bond donors (Lipinski definition) is 2. The predicted octanol–water partition coefficient (Wildman–Crippen LogP) is 1.41. The molecule has 2 N–H and O–H groups in total. The third-order valence-corrected chi connectivity index (χ3v) is 3.22. The third kappa shape index (κ3) is 4.91. The van der Waals surface area contributed by atoms with Crippen LogP contribution in [0.15, 0.2) is 36.7 Å². The van der Waals surface area contributed by atoms with Gasteiger partial charge in [0.25, 0.3) is 0 Å². The quantitative estimate of drug-likeness (QED) is 0.812. The van der Waals surface area contributed by atoms with E-state index in [1.165, 1.54) is 12.1 Å². The average molecular weight is 306 g/mol. The lowest BCUT2D eigenvalue weighted by atomic mass is 10.1. The second-order valence-electron chi connectivity index (χ2n) is 6.11. The van der Waals surface area contributed by atoms with Crippen LogP contribution in [0.4, 0.5) is 4.39 Å². The van der Waals surface area contributed by atoms with Crippen LogP contribution in [0.2, 0.25) is 0 Å². The molecule has 0 aliphatic rings. The summed E-state index contributed by atoms with van der Waals surface area (Å²) in [5.74, 6) is -0.263. The van der Waals surface area contributed by atoms with Crippen LogP contribution in [-0.4, -0.2) is 52.6 Å². The molecule has 6 heteroatoms. The molecule has 0 fully saturated rings. The van der Waals surface area contributed by atoms with Gasteiger partial charge in [0, 0.05) is 31.4 Å². The van der Waals surface area contributed by atoms with Crippen molar-refractivity contribution in [3.8, 4) is 5.69 Å². The highest BCUT2D eigenvalue weighted by molar-refractivity contribution is 5.31. The Morgan fingerprint density at radius 2 is 2.00 bits per heavy atom. The number of rotatable bonds is 7. The van der Waals surface area contributed by atoms with Gasteiger partial charge in [-0.2, -0.15) is 5.10 Å². The van der Waals surface area contributed by atoms with Gasteiger partial charge in [-0.25, -0.2) is 9.07 Å². The van der Waals surface area contributed by atoms with E-state index in [0.29, 0.717) is 19.6 Å². The molecule has 0 aliphatic heterocycles. The fraction of sp³-hybridized carbons (Fsp3) is 0.438. The largest absolute Gasteiger partial charge is 0.388 e. The van der Waals surface area contributed by atoms with Crippen LogP contribution in [-0.2, 0) is 6.54 Å². The first kappa shape index (κ1) is 16.6. The van der Waals surface area contributed by atoms with Crippen LogP contribution in [0.5, 0.6) is 0 Å². The fourth-order valence-corrected chi connectivity index (χ4v) is 2.40. The zero-order valence-corrected chi connectivity index (χ0v) is 13.3. The monoisotopic (exact) mass is 306 g/mol. The zero-order chi connectivity index (χ0) is 16.2. The summed E-state index contributed by atoms with van der Waals surface area (Å²) in [5, 5.41) is 17.7. The Hall–Kier alpha value is -1.76. The third-order valence-electron chi connectivity index (χ3n) is 3.22. The number of aliphatic hydroxyl groups is 1. The van der Waals surface area contributed by atoms with E-state index in [-0.39, 0.29) is 5.82 Å². The fourth-order valence-electron chi connectivity index (χ4n) is 2.40. The van der Waals surface area contributed by atoms with Gasteiger partial charge in [-0.3, -0.25) is 0 Å². The Morgan fingerprint density at radius 1 is 1.32 bits per heavy atom. The van der Waals surface area contributed by atoms with E-state index in [4.69, 9.17) is 0 Å². The number of nitrogens with zero attached hydrogens (tertiary/aromatic N) is 3. The predicted molar refractivity (Wildman–Crippen MR) is 84.4 cm³/mol. The summed E-state index contributed by atoms with van der Waals surface area (Å²) in [6.07, 6.45) is 3.65. The molecule has 2 rings (SSSR count). The molecule has 0 aliphatic carbocycles. The number of halogens is 1. The van der Waals surface area contributed by atoms with E-state index in [1.54, 1.807) is 23.0 Å². The summed E-state index contributed by atoms with van der Waals surface area (Å²) in [6, 6.07) is 6.18. The Kier molecular flexibility index (Phi) is 5.28. The molecular formula is C16H23FN4O. The molecule has 22 heavy (non-hydrogen) atoms. The molecule has 0 saturated heterocycles. The molecule has 0 amide bonds. The average Bonchev–Trinajstić information content (AvgIpc) is 2.86. The minimum Gasteiger partial charge on any atom is -0.388 e. The van der Waals surface area contributed by atoms with Crippen molar-refractivity contribution in [2.45, 2.75) is 19.1 Å². The molecule has 2 aromatic rings. The maximum absolute atomic E-state index is 12.9. The van der Waals surface area contributed by atoms with Crippen LogP contribution in [0.3, 0.4) is 0 Å². The molecule has 5 nitrogen and oxygen atoms in total. The van der Waals surface area contributed by atoms with E-state index >= 15 is 0 Å². The molecular weight excluding hydrogens is 283 g/mol. The Morgan fingerprint density at radius 3 is 2.64 bits per heavy atom. The van der Waals surface area contributed by atoms with Crippen molar-refractivity contribution in [1.29, 1.82) is 0 Å². The van der Waals surface area contributed by atoms with Crippen molar-refractivity contribution in [3.05, 3.63) is 48.0 Å². The molecule has 1 aromatic heterocycles. The van der Waals surface area contributed by atoms with Crippen molar-refractivity contribution in [1.82, 2.24) is 20.0 Å². The maximum atomic E-state index is 12.9. The van der Waals surface area contributed by atoms with Gasteiger partial charge in [-0.05, 0) is 45.3 Å². The standard InChI is InChI=1S/C16H23FN4O/c1-16(22,12-20(2)3)11-18-8-13-9-19-21(10-13)15-6-4-14(17)5-7-15/h4-7,9-10,18,22H,8,11-12H2,1-3H3. The molecule has 0 saturated carbocycles. The summed E-state index contributed by atoms with van der Waals surface area (Å²) >= 11 is 0. The highest BCUT2D eigenvalue weighted by Crippen LogP contribution is 2.10. The van der Waals surface area contributed by atoms with Crippen LogP contribution in [0.25, 0.3) is 5.69 Å². The lowest BCUT2D eigenvalue weighted by Crippen LogP contribution is -2.45. The number of hydrogen-bond acceptors (Lipinski definition) is 4. The number of likely N-dealkylation sites (N-methyl/N-ethyl adjacent to an activating group) is 1. The molecule has 1 atom stereocenters. The highest BCUT2D eigenvalue weighted by atomic mass is 19.1. The van der Waals surface area contributed by atoms with E-state index in [2.05, 4.69) is 10.4 Å². The smallest absolute Gasteiger partial charge is 0.123 e. The van der Waals surface area contributed by atoms with Crippen molar-refractivity contribution < 1.29 is 9.50 Å². The van der Waals surface area contributed by atoms with Crippen molar-refractivity contribution in [2.24, 2.45) is 0 Å². The van der Waals surface area contributed by atoms with Gasteiger partial charge in [0.2, 0.25) is 0 Å². The normalized spacial score (nSPS) is 14.3. The van der Waals surface area contributed by atoms with E-state index < -0.39 is 5.60 Å². The Bertz CT molecular complexity index is 592.